The van der Waals surface area contributed by atoms with Crippen LogP contribution >= 0.6 is 15.9 Å². The lowest BCUT2D eigenvalue weighted by molar-refractivity contribution is 0.255. The summed E-state index contributed by atoms with van der Waals surface area (Å²) in [5, 5.41) is 5.52. The normalized spacial score (nSPS) is 15.5. The summed E-state index contributed by atoms with van der Waals surface area (Å²) in [6.45, 7) is 2.05. The number of hydrogen-bond acceptors (Lipinski definition) is 1. The van der Waals surface area contributed by atoms with Gasteiger partial charge in [0.15, 0.2) is 0 Å². The van der Waals surface area contributed by atoms with Gasteiger partial charge in [-0.25, -0.2) is 4.79 Å². The molecule has 1 aliphatic rings. The van der Waals surface area contributed by atoms with Gasteiger partial charge in [0.2, 0.25) is 0 Å². The molecule has 17 heavy (non-hydrogen) atoms. The zero-order chi connectivity index (χ0) is 12.3. The molecule has 0 spiro atoms. The molecule has 0 atom stereocenters. The molecule has 1 fully saturated rings. The Bertz CT molecular complexity index is 452. The minimum atomic E-state index is -0.205. The Morgan fingerprint density at radius 1 is 1.47 bits per heavy atom. The van der Waals surface area contributed by atoms with Gasteiger partial charge in [0.05, 0.1) is 0 Å². The van der Waals surface area contributed by atoms with E-state index >= 15 is 0 Å². The maximum atomic E-state index is 11.6. The van der Waals surface area contributed by atoms with Crippen molar-refractivity contribution in [1.82, 2.24) is 5.32 Å². The second-order valence-electron chi connectivity index (χ2n) is 4.27. The number of halogens is 1. The smallest absolute Gasteiger partial charge is 0.314 e. The minimum absolute atomic E-state index is 0.205. The van der Waals surface area contributed by atoms with Gasteiger partial charge in [-0.15, -0.1) is 0 Å². The lowest BCUT2D eigenvalue weighted by atomic mass is 10.2. The van der Waals surface area contributed by atoms with E-state index in [9.17, 15) is 4.79 Å². The van der Waals surface area contributed by atoms with Crippen LogP contribution < -0.4 is 10.6 Å². The Balaban J connectivity index is 1.86. The number of urea groups is 1. The molecule has 0 aliphatic heterocycles. The molecule has 1 aromatic carbocycles. The first-order valence-corrected chi connectivity index (χ1v) is 6.44. The van der Waals surface area contributed by atoms with E-state index in [0.717, 1.165) is 10.2 Å². The Morgan fingerprint density at radius 3 is 2.88 bits per heavy atom. The second kappa shape index (κ2) is 5.36. The molecule has 0 saturated heterocycles. The van der Waals surface area contributed by atoms with Crippen LogP contribution in [0.1, 0.15) is 19.8 Å². The molecule has 90 valence electrons. The first-order valence-electron chi connectivity index (χ1n) is 5.65. The first-order chi connectivity index (χ1) is 8.15. The van der Waals surface area contributed by atoms with Crippen LogP contribution in [0.4, 0.5) is 10.5 Å². The summed E-state index contributed by atoms with van der Waals surface area (Å²) < 4.78 is 0.944. The molecule has 0 unspecified atom stereocenters. The van der Waals surface area contributed by atoms with Crippen LogP contribution in [0.5, 0.6) is 0 Å². The standard InChI is InChI=1S/C13H15BrN2O/c1-9(10-5-6-10)8-15-13(17)16-12-4-2-3-11(14)7-12/h2-4,7-8,10H,5-6H2,1H3,(H2,15,16,17)/b9-8+. The maximum absolute atomic E-state index is 11.6. The highest BCUT2D eigenvalue weighted by Crippen LogP contribution is 2.35. The summed E-state index contributed by atoms with van der Waals surface area (Å²) in [5.74, 6) is 0.682. The topological polar surface area (TPSA) is 41.1 Å². The van der Waals surface area contributed by atoms with E-state index < -0.39 is 0 Å². The van der Waals surface area contributed by atoms with Crippen molar-refractivity contribution in [2.24, 2.45) is 5.92 Å². The van der Waals surface area contributed by atoms with E-state index in [4.69, 9.17) is 0 Å². The van der Waals surface area contributed by atoms with E-state index in [-0.39, 0.29) is 6.03 Å². The van der Waals surface area contributed by atoms with Crippen LogP contribution in [0.3, 0.4) is 0 Å². The molecular formula is C13H15BrN2O. The Morgan fingerprint density at radius 2 is 2.24 bits per heavy atom. The zero-order valence-corrected chi connectivity index (χ0v) is 11.3. The van der Waals surface area contributed by atoms with Crippen LogP contribution in [-0.2, 0) is 0 Å². The van der Waals surface area contributed by atoms with Gasteiger partial charge in [0.25, 0.3) is 0 Å². The Kier molecular flexibility index (Phi) is 3.84. The number of carbonyl (C=O) groups is 1. The summed E-state index contributed by atoms with van der Waals surface area (Å²) in [4.78, 5) is 11.6. The van der Waals surface area contributed by atoms with Gasteiger partial charge in [0, 0.05) is 16.4 Å². The highest BCUT2D eigenvalue weighted by molar-refractivity contribution is 9.10. The molecule has 0 bridgehead atoms. The van der Waals surface area contributed by atoms with Gasteiger partial charge in [-0.3, -0.25) is 0 Å². The van der Waals surface area contributed by atoms with Crippen LogP contribution in [-0.4, -0.2) is 6.03 Å². The van der Waals surface area contributed by atoms with Crippen molar-refractivity contribution in [2.75, 3.05) is 5.32 Å². The van der Waals surface area contributed by atoms with E-state index in [1.165, 1.54) is 18.4 Å². The number of carbonyl (C=O) groups excluding carboxylic acids is 1. The largest absolute Gasteiger partial charge is 0.323 e. The highest BCUT2D eigenvalue weighted by Gasteiger charge is 2.22. The molecule has 0 heterocycles. The molecule has 1 aromatic rings. The van der Waals surface area contributed by atoms with Gasteiger partial charge in [-0.2, -0.15) is 0 Å². The molecule has 1 aliphatic carbocycles. The van der Waals surface area contributed by atoms with E-state index in [0.29, 0.717) is 5.92 Å². The fraction of sp³-hybridized carbons (Fsp3) is 0.308. The SMILES string of the molecule is C/C(=C\NC(=O)Nc1cccc(Br)c1)C1CC1. The number of hydrogen-bond donors (Lipinski definition) is 2. The summed E-state index contributed by atoms with van der Waals surface area (Å²) >= 11 is 3.36. The summed E-state index contributed by atoms with van der Waals surface area (Å²) in [6, 6.07) is 7.30. The average molecular weight is 295 g/mol. The third-order valence-electron chi connectivity index (χ3n) is 2.73. The van der Waals surface area contributed by atoms with Crippen molar-refractivity contribution in [1.29, 1.82) is 0 Å². The maximum Gasteiger partial charge on any atom is 0.323 e. The van der Waals surface area contributed by atoms with Crippen molar-refractivity contribution < 1.29 is 4.79 Å². The van der Waals surface area contributed by atoms with E-state index in [1.54, 1.807) is 6.20 Å². The highest BCUT2D eigenvalue weighted by atomic mass is 79.9. The van der Waals surface area contributed by atoms with Gasteiger partial charge in [-0.1, -0.05) is 27.6 Å². The monoisotopic (exact) mass is 294 g/mol. The molecule has 2 rings (SSSR count). The predicted octanol–water partition coefficient (Wildman–Crippen LogP) is 3.88. The molecule has 3 nitrogen and oxygen atoms in total. The quantitative estimate of drug-likeness (QED) is 0.873. The number of benzene rings is 1. The summed E-state index contributed by atoms with van der Waals surface area (Å²) in [7, 11) is 0. The van der Waals surface area contributed by atoms with Gasteiger partial charge in [0.1, 0.15) is 0 Å². The number of rotatable bonds is 3. The first kappa shape index (κ1) is 12.2. The third-order valence-corrected chi connectivity index (χ3v) is 3.23. The van der Waals surface area contributed by atoms with Crippen molar-refractivity contribution in [3.63, 3.8) is 0 Å². The lowest BCUT2D eigenvalue weighted by Crippen LogP contribution is -2.24. The Labute approximate surface area is 109 Å². The summed E-state index contributed by atoms with van der Waals surface area (Å²) in [6.07, 6.45) is 4.29. The minimum Gasteiger partial charge on any atom is -0.314 e. The van der Waals surface area contributed by atoms with Crippen molar-refractivity contribution in [2.45, 2.75) is 19.8 Å². The second-order valence-corrected chi connectivity index (χ2v) is 5.19. The van der Waals surface area contributed by atoms with E-state index in [1.807, 2.05) is 24.3 Å². The Hall–Kier alpha value is -1.29. The van der Waals surface area contributed by atoms with Gasteiger partial charge >= 0.3 is 6.03 Å². The van der Waals surface area contributed by atoms with Crippen LogP contribution in [0.2, 0.25) is 0 Å². The zero-order valence-electron chi connectivity index (χ0n) is 9.66. The molecular weight excluding hydrogens is 280 g/mol. The molecule has 2 N–H and O–H groups in total. The van der Waals surface area contributed by atoms with Crippen molar-refractivity contribution in [3.05, 3.63) is 40.5 Å². The third kappa shape index (κ3) is 3.89. The molecule has 4 heteroatoms. The van der Waals surface area contributed by atoms with Crippen LogP contribution in [0, 0.1) is 5.92 Å². The number of allylic oxidation sites excluding steroid dienone is 1. The van der Waals surface area contributed by atoms with Gasteiger partial charge < -0.3 is 10.6 Å². The molecule has 0 radical (unpaired) electrons. The number of nitrogens with one attached hydrogen (secondary N) is 2. The van der Waals surface area contributed by atoms with E-state index in [2.05, 4.69) is 33.5 Å². The van der Waals surface area contributed by atoms with Crippen molar-refractivity contribution in [3.8, 4) is 0 Å². The fourth-order valence-electron chi connectivity index (χ4n) is 1.57. The van der Waals surface area contributed by atoms with Crippen LogP contribution in [0.15, 0.2) is 40.5 Å². The molecule has 0 aromatic heterocycles. The van der Waals surface area contributed by atoms with Crippen molar-refractivity contribution >= 4 is 27.6 Å². The number of anilines is 1. The predicted molar refractivity (Wildman–Crippen MR) is 72.8 cm³/mol. The molecule has 1 saturated carbocycles. The van der Waals surface area contributed by atoms with Crippen LogP contribution in [0.25, 0.3) is 0 Å². The fourth-order valence-corrected chi connectivity index (χ4v) is 1.97. The molecule has 2 amide bonds. The average Bonchev–Trinajstić information content (AvgIpc) is 3.09. The number of amides is 2. The summed E-state index contributed by atoms with van der Waals surface area (Å²) in [5.41, 5.74) is 2.02. The van der Waals surface area contributed by atoms with Gasteiger partial charge in [-0.05, 0) is 43.9 Å². The lowest BCUT2D eigenvalue weighted by Gasteiger charge is -2.05.